The highest BCUT2D eigenvalue weighted by Gasteiger charge is 2.37. The fraction of sp³-hybridized carbons (Fsp3) is 0.448. The van der Waals surface area contributed by atoms with Crippen molar-refractivity contribution in [3.63, 3.8) is 0 Å². The maximum absolute atomic E-state index is 14.0. The molecule has 0 spiro atoms. The summed E-state index contributed by atoms with van der Waals surface area (Å²) in [5.74, 6) is -0.267. The highest BCUT2D eigenvalue weighted by molar-refractivity contribution is 14.1. The minimum Gasteiger partial charge on any atom is -0.450 e. The number of carbonyl (C=O) groups excluding carboxylic acids is 2. The molecule has 9 nitrogen and oxygen atoms in total. The Morgan fingerprint density at radius 2 is 1.82 bits per heavy atom. The number of ether oxygens (including phenoxy) is 1. The Balaban J connectivity index is 2.01. The predicted octanol–water partition coefficient (Wildman–Crippen LogP) is 7.00. The number of nitro groups is 1. The third-order valence-corrected chi connectivity index (χ3v) is 13.4. The smallest absolute Gasteiger partial charge is 0.410 e. The first-order valence-electron chi connectivity index (χ1n) is 13.3. The standard InChI is InChI=1S/C29H38IN3O6Si/c1-8-38-28(35)32-17-16-22(23(18-32)21-13-9-10-14-24(21)33(36)37)27(34)31(5)25-15-11-12-20(26(25)30)19-39-40(6,7)29(2,3)4/h9-15H,8,16-19H2,1-7H3. The Labute approximate surface area is 250 Å². The van der Waals surface area contributed by atoms with Crippen LogP contribution in [0.3, 0.4) is 0 Å². The van der Waals surface area contributed by atoms with Crippen LogP contribution in [0.5, 0.6) is 0 Å². The Kier molecular flexibility index (Phi) is 10.2. The summed E-state index contributed by atoms with van der Waals surface area (Å²) in [6.07, 6.45) is -0.267. The number of likely N-dealkylation sites (N-methyl/N-ethyl adjacent to an activating group) is 1. The number of nitrogens with zero attached hydrogens (tertiary/aromatic N) is 3. The lowest BCUT2D eigenvalue weighted by atomic mass is 9.92. The van der Waals surface area contributed by atoms with E-state index in [4.69, 9.17) is 9.16 Å². The predicted molar refractivity (Wildman–Crippen MR) is 168 cm³/mol. The molecule has 216 valence electrons. The zero-order chi connectivity index (χ0) is 29.8. The summed E-state index contributed by atoms with van der Waals surface area (Å²) >= 11 is 2.25. The van der Waals surface area contributed by atoms with Gasteiger partial charge in [-0.05, 0) is 77.3 Å². The van der Waals surface area contributed by atoms with Crippen LogP contribution in [-0.4, -0.2) is 56.9 Å². The van der Waals surface area contributed by atoms with Gasteiger partial charge < -0.3 is 19.0 Å². The van der Waals surface area contributed by atoms with E-state index in [0.29, 0.717) is 23.3 Å². The Bertz CT molecular complexity index is 1320. The lowest BCUT2D eigenvalue weighted by Gasteiger charge is -2.36. The summed E-state index contributed by atoms with van der Waals surface area (Å²) in [5.41, 5.74) is 2.82. The second kappa shape index (κ2) is 12.8. The molecule has 2 aromatic rings. The molecule has 1 aliphatic rings. The quantitative estimate of drug-likeness (QED) is 0.129. The van der Waals surface area contributed by atoms with Gasteiger partial charge in [-0.15, -0.1) is 0 Å². The van der Waals surface area contributed by atoms with E-state index >= 15 is 0 Å². The fourth-order valence-corrected chi connectivity index (χ4v) is 6.06. The van der Waals surface area contributed by atoms with Gasteiger partial charge in [-0.1, -0.05) is 45.0 Å². The Hall–Kier alpha value is -2.77. The monoisotopic (exact) mass is 679 g/mol. The van der Waals surface area contributed by atoms with E-state index in [1.54, 1.807) is 37.1 Å². The van der Waals surface area contributed by atoms with Crippen LogP contribution in [0.4, 0.5) is 16.2 Å². The van der Waals surface area contributed by atoms with Gasteiger partial charge in [0, 0.05) is 28.8 Å². The number of hydrogen-bond acceptors (Lipinski definition) is 6. The number of para-hydroxylation sites is 1. The van der Waals surface area contributed by atoms with Gasteiger partial charge in [-0.25, -0.2) is 4.79 Å². The van der Waals surface area contributed by atoms with Crippen molar-refractivity contribution in [2.45, 2.75) is 58.9 Å². The van der Waals surface area contributed by atoms with Crippen LogP contribution >= 0.6 is 22.6 Å². The fourth-order valence-electron chi connectivity index (χ4n) is 4.23. The number of anilines is 1. The molecule has 3 rings (SSSR count). The van der Waals surface area contributed by atoms with Gasteiger partial charge in [-0.2, -0.15) is 0 Å². The molecule has 2 aromatic carbocycles. The third-order valence-electron chi connectivity index (χ3n) is 7.67. The Morgan fingerprint density at radius 3 is 2.45 bits per heavy atom. The summed E-state index contributed by atoms with van der Waals surface area (Å²) in [5, 5.41) is 11.9. The lowest BCUT2D eigenvalue weighted by molar-refractivity contribution is -0.385. The largest absolute Gasteiger partial charge is 0.450 e. The summed E-state index contributed by atoms with van der Waals surface area (Å²) < 4.78 is 12.5. The van der Waals surface area contributed by atoms with E-state index in [1.165, 1.54) is 11.0 Å². The van der Waals surface area contributed by atoms with Crippen LogP contribution in [0.25, 0.3) is 5.57 Å². The number of benzene rings is 2. The lowest BCUT2D eigenvalue weighted by Crippen LogP contribution is -2.41. The summed E-state index contributed by atoms with van der Waals surface area (Å²) in [6.45, 7) is 13.7. The second-order valence-corrected chi connectivity index (χ2v) is 17.2. The highest BCUT2D eigenvalue weighted by Crippen LogP contribution is 2.38. The van der Waals surface area contributed by atoms with E-state index in [9.17, 15) is 19.7 Å². The van der Waals surface area contributed by atoms with Crippen molar-refractivity contribution in [1.29, 1.82) is 0 Å². The number of nitro benzene ring substituents is 1. The van der Waals surface area contributed by atoms with Gasteiger partial charge in [0.2, 0.25) is 0 Å². The summed E-state index contributed by atoms with van der Waals surface area (Å²) in [4.78, 5) is 41.0. The van der Waals surface area contributed by atoms with Crippen molar-refractivity contribution in [3.05, 3.63) is 72.8 Å². The average molecular weight is 680 g/mol. The van der Waals surface area contributed by atoms with Crippen molar-refractivity contribution in [2.75, 3.05) is 31.6 Å². The van der Waals surface area contributed by atoms with Gasteiger partial charge in [-0.3, -0.25) is 14.9 Å². The molecule has 11 heteroatoms. The van der Waals surface area contributed by atoms with Gasteiger partial charge in [0.1, 0.15) is 0 Å². The molecule has 0 atom stereocenters. The molecule has 0 fully saturated rings. The molecular formula is C29H38IN3O6Si. The molecule has 1 aliphatic heterocycles. The van der Waals surface area contributed by atoms with Crippen LogP contribution in [0.15, 0.2) is 48.0 Å². The van der Waals surface area contributed by atoms with Crippen molar-refractivity contribution in [2.24, 2.45) is 0 Å². The van der Waals surface area contributed by atoms with Crippen LogP contribution in [0.1, 0.15) is 45.2 Å². The highest BCUT2D eigenvalue weighted by atomic mass is 127. The third kappa shape index (κ3) is 6.92. The molecule has 0 N–H and O–H groups in total. The van der Waals surface area contributed by atoms with Crippen LogP contribution in [-0.2, 0) is 20.6 Å². The number of amides is 2. The minimum absolute atomic E-state index is 0.0378. The molecule has 0 unspecified atom stereocenters. The van der Waals surface area contributed by atoms with Crippen molar-refractivity contribution in [3.8, 4) is 0 Å². The van der Waals surface area contributed by atoms with Crippen LogP contribution < -0.4 is 4.90 Å². The maximum atomic E-state index is 14.0. The molecule has 0 aromatic heterocycles. The first-order chi connectivity index (χ1) is 18.7. The molecule has 0 saturated carbocycles. The van der Waals surface area contributed by atoms with Gasteiger partial charge in [0.05, 0.1) is 35.9 Å². The molecular weight excluding hydrogens is 641 g/mol. The zero-order valence-corrected chi connectivity index (χ0v) is 27.4. The molecule has 0 aliphatic carbocycles. The molecule has 2 amide bonds. The summed E-state index contributed by atoms with van der Waals surface area (Å²) in [6, 6.07) is 12.1. The van der Waals surface area contributed by atoms with E-state index < -0.39 is 19.3 Å². The maximum Gasteiger partial charge on any atom is 0.410 e. The van der Waals surface area contributed by atoms with Gasteiger partial charge >= 0.3 is 6.09 Å². The molecule has 40 heavy (non-hydrogen) atoms. The van der Waals surface area contributed by atoms with E-state index in [1.807, 2.05) is 18.2 Å². The molecule has 1 heterocycles. The average Bonchev–Trinajstić information content (AvgIpc) is 2.90. The van der Waals surface area contributed by atoms with Crippen molar-refractivity contribution >= 4 is 59.9 Å². The minimum atomic E-state index is -1.98. The van der Waals surface area contributed by atoms with Crippen molar-refractivity contribution in [1.82, 2.24) is 4.90 Å². The molecule has 0 saturated heterocycles. The van der Waals surface area contributed by atoms with E-state index in [0.717, 1.165) is 14.8 Å². The van der Waals surface area contributed by atoms with Crippen LogP contribution in [0, 0.1) is 13.7 Å². The molecule has 0 bridgehead atoms. The SMILES string of the molecule is CCOC(=O)N1CCC(C(=O)N(C)c2cccc(CO[Si](C)(C)C(C)(C)C)c2I)=C(c2ccccc2[N+](=O)[O-])C1. The van der Waals surface area contributed by atoms with Crippen molar-refractivity contribution < 1.29 is 23.7 Å². The molecule has 0 radical (unpaired) electrons. The first-order valence-corrected chi connectivity index (χ1v) is 17.2. The normalized spacial score (nSPS) is 14.2. The van der Waals surface area contributed by atoms with Gasteiger partial charge in [0.25, 0.3) is 11.6 Å². The Morgan fingerprint density at radius 1 is 1.15 bits per heavy atom. The zero-order valence-electron chi connectivity index (χ0n) is 24.2. The number of rotatable bonds is 8. The first kappa shape index (κ1) is 31.8. The van der Waals surface area contributed by atoms with Gasteiger partial charge in [0.15, 0.2) is 8.32 Å². The number of carbonyl (C=O) groups is 2. The van der Waals surface area contributed by atoms with E-state index in [2.05, 4.69) is 56.5 Å². The second-order valence-electron chi connectivity index (χ2n) is 11.3. The van der Waals surface area contributed by atoms with Crippen LogP contribution in [0.2, 0.25) is 18.1 Å². The topological polar surface area (TPSA) is 102 Å². The number of hydrogen-bond donors (Lipinski definition) is 0. The van der Waals surface area contributed by atoms with E-state index in [-0.39, 0.29) is 42.8 Å². The summed E-state index contributed by atoms with van der Waals surface area (Å²) in [7, 11) is -0.267. The number of halogens is 1.